The van der Waals surface area contributed by atoms with Gasteiger partial charge in [0.05, 0.1) is 10.7 Å². The first-order valence-electron chi connectivity index (χ1n) is 6.55. The van der Waals surface area contributed by atoms with Crippen LogP contribution in [0.1, 0.15) is 38.5 Å². The number of rotatable bonds is 4. The van der Waals surface area contributed by atoms with Crippen molar-refractivity contribution in [3.8, 4) is 0 Å². The van der Waals surface area contributed by atoms with Crippen LogP contribution in [0.3, 0.4) is 0 Å². The molecule has 1 fully saturated rings. The molecule has 0 radical (unpaired) electrons. The highest BCUT2D eigenvalue weighted by molar-refractivity contribution is 9.10. The zero-order valence-electron chi connectivity index (χ0n) is 10.3. The maximum Gasteiger partial charge on any atom is 0.125 e. The van der Waals surface area contributed by atoms with Gasteiger partial charge in [-0.15, -0.1) is 0 Å². The lowest BCUT2D eigenvalue weighted by atomic mass is 9.87. The van der Waals surface area contributed by atoms with Crippen LogP contribution in [0.15, 0.2) is 16.6 Å². The highest BCUT2D eigenvalue weighted by Gasteiger charge is 2.13. The Balaban J connectivity index is 1.86. The van der Waals surface area contributed by atoms with Crippen molar-refractivity contribution in [2.75, 3.05) is 11.9 Å². The van der Waals surface area contributed by atoms with Crippen LogP contribution in [0.5, 0.6) is 0 Å². The molecule has 1 saturated carbocycles. The smallest absolute Gasteiger partial charge is 0.125 e. The van der Waals surface area contributed by atoms with Gasteiger partial charge in [0, 0.05) is 11.0 Å². The maximum absolute atomic E-state index is 13.1. The minimum atomic E-state index is -0.315. The van der Waals surface area contributed by atoms with Crippen LogP contribution in [-0.2, 0) is 0 Å². The number of hydrogen-bond donors (Lipinski definition) is 1. The summed E-state index contributed by atoms with van der Waals surface area (Å²) < 4.78 is 13.8. The van der Waals surface area contributed by atoms with E-state index in [2.05, 4.69) is 21.2 Å². The van der Waals surface area contributed by atoms with E-state index in [0.717, 1.165) is 18.2 Å². The van der Waals surface area contributed by atoms with Gasteiger partial charge in [-0.25, -0.2) is 4.39 Å². The van der Waals surface area contributed by atoms with Gasteiger partial charge < -0.3 is 5.32 Å². The van der Waals surface area contributed by atoms with Crippen molar-refractivity contribution in [3.63, 3.8) is 0 Å². The minimum absolute atomic E-state index is 0.315. The van der Waals surface area contributed by atoms with Gasteiger partial charge in [-0.2, -0.15) is 0 Å². The normalized spacial score (nSPS) is 16.8. The summed E-state index contributed by atoms with van der Waals surface area (Å²) in [6.07, 6.45) is 7.98. The summed E-state index contributed by atoms with van der Waals surface area (Å²) in [5, 5.41) is 3.75. The summed E-state index contributed by atoms with van der Waals surface area (Å²) in [4.78, 5) is 0. The van der Waals surface area contributed by atoms with E-state index >= 15 is 0 Å². The second-order valence-electron chi connectivity index (χ2n) is 4.96. The van der Waals surface area contributed by atoms with Crippen molar-refractivity contribution in [1.29, 1.82) is 0 Å². The van der Waals surface area contributed by atoms with Gasteiger partial charge in [0.2, 0.25) is 0 Å². The molecule has 0 saturated heterocycles. The third kappa shape index (κ3) is 3.86. The van der Waals surface area contributed by atoms with E-state index in [0.29, 0.717) is 9.50 Å². The fourth-order valence-electron chi connectivity index (χ4n) is 2.59. The fraction of sp³-hybridized carbons (Fsp3) is 0.571. The molecule has 1 aliphatic carbocycles. The van der Waals surface area contributed by atoms with E-state index in [4.69, 9.17) is 11.6 Å². The predicted molar refractivity (Wildman–Crippen MR) is 78.8 cm³/mol. The van der Waals surface area contributed by atoms with Crippen LogP contribution in [0.2, 0.25) is 5.02 Å². The summed E-state index contributed by atoms with van der Waals surface area (Å²) in [7, 11) is 0. The Hall–Kier alpha value is -0.280. The lowest BCUT2D eigenvalue weighted by Crippen LogP contribution is -2.12. The van der Waals surface area contributed by atoms with E-state index in [1.165, 1.54) is 50.7 Å². The summed E-state index contributed by atoms with van der Waals surface area (Å²) >= 11 is 9.36. The molecule has 0 heterocycles. The number of hydrogen-bond acceptors (Lipinski definition) is 1. The standard InChI is InChI=1S/C14H18BrClFN/c15-12-8-11(17)9-13(16)14(12)18-7-6-10-4-2-1-3-5-10/h8-10,18H,1-7H2. The molecule has 1 aliphatic rings. The highest BCUT2D eigenvalue weighted by atomic mass is 79.9. The van der Waals surface area contributed by atoms with Crippen LogP contribution in [-0.4, -0.2) is 6.54 Å². The second-order valence-corrected chi connectivity index (χ2v) is 6.23. The topological polar surface area (TPSA) is 12.0 Å². The van der Waals surface area contributed by atoms with Crippen molar-refractivity contribution in [2.24, 2.45) is 5.92 Å². The first-order chi connectivity index (χ1) is 8.66. The van der Waals surface area contributed by atoms with Crippen molar-refractivity contribution in [2.45, 2.75) is 38.5 Å². The molecule has 0 spiro atoms. The van der Waals surface area contributed by atoms with Crippen LogP contribution in [0.4, 0.5) is 10.1 Å². The van der Waals surface area contributed by atoms with E-state index in [-0.39, 0.29) is 5.82 Å². The molecule has 0 bridgehead atoms. The molecule has 100 valence electrons. The average Bonchev–Trinajstić information content (AvgIpc) is 2.34. The van der Waals surface area contributed by atoms with Crippen molar-refractivity contribution < 1.29 is 4.39 Å². The Bertz CT molecular complexity index is 382. The summed E-state index contributed by atoms with van der Waals surface area (Å²) in [6.45, 7) is 0.897. The number of halogens is 3. The van der Waals surface area contributed by atoms with Crippen LogP contribution in [0, 0.1) is 11.7 Å². The summed E-state index contributed by atoms with van der Waals surface area (Å²) in [5.41, 5.74) is 0.800. The van der Waals surface area contributed by atoms with Gasteiger partial charge in [-0.3, -0.25) is 0 Å². The van der Waals surface area contributed by atoms with Gasteiger partial charge >= 0.3 is 0 Å². The van der Waals surface area contributed by atoms with Crippen molar-refractivity contribution in [1.82, 2.24) is 0 Å². The first-order valence-corrected chi connectivity index (χ1v) is 7.72. The Morgan fingerprint density at radius 3 is 2.67 bits per heavy atom. The molecule has 18 heavy (non-hydrogen) atoms. The van der Waals surface area contributed by atoms with Gasteiger partial charge in [0.15, 0.2) is 0 Å². The molecule has 0 aliphatic heterocycles. The van der Waals surface area contributed by atoms with Gasteiger partial charge in [-0.1, -0.05) is 43.7 Å². The Kier molecular flexibility index (Phi) is 5.31. The maximum atomic E-state index is 13.1. The zero-order chi connectivity index (χ0) is 13.0. The Morgan fingerprint density at radius 1 is 1.28 bits per heavy atom. The molecule has 1 nitrogen and oxygen atoms in total. The molecule has 1 N–H and O–H groups in total. The molecule has 1 aromatic carbocycles. The van der Waals surface area contributed by atoms with E-state index < -0.39 is 0 Å². The lowest BCUT2D eigenvalue weighted by molar-refractivity contribution is 0.345. The van der Waals surface area contributed by atoms with E-state index in [9.17, 15) is 4.39 Å². The Morgan fingerprint density at radius 2 is 2.00 bits per heavy atom. The van der Waals surface area contributed by atoms with Crippen LogP contribution in [0.25, 0.3) is 0 Å². The summed E-state index contributed by atoms with van der Waals surface area (Å²) in [6, 6.07) is 2.78. The van der Waals surface area contributed by atoms with Crippen LogP contribution < -0.4 is 5.32 Å². The molecular weight excluding hydrogens is 317 g/mol. The molecule has 0 atom stereocenters. The zero-order valence-corrected chi connectivity index (χ0v) is 12.7. The summed E-state index contributed by atoms with van der Waals surface area (Å²) in [5.74, 6) is 0.522. The van der Waals surface area contributed by atoms with Gasteiger partial charge in [0.1, 0.15) is 5.82 Å². The van der Waals surface area contributed by atoms with Gasteiger partial charge in [-0.05, 0) is 40.4 Å². The third-order valence-corrected chi connectivity index (χ3v) is 4.51. The SMILES string of the molecule is Fc1cc(Cl)c(NCCC2CCCCC2)c(Br)c1. The fourth-order valence-corrected chi connectivity index (χ4v) is 3.55. The highest BCUT2D eigenvalue weighted by Crippen LogP contribution is 2.32. The molecule has 0 amide bonds. The first kappa shape index (κ1) is 14.1. The predicted octanol–water partition coefficient (Wildman–Crippen LogP) is 5.62. The number of nitrogens with one attached hydrogen (secondary N) is 1. The molecule has 0 aromatic heterocycles. The van der Waals surface area contributed by atoms with Crippen molar-refractivity contribution >= 4 is 33.2 Å². The van der Waals surface area contributed by atoms with Gasteiger partial charge in [0.25, 0.3) is 0 Å². The lowest BCUT2D eigenvalue weighted by Gasteiger charge is -2.22. The quantitative estimate of drug-likeness (QED) is 0.753. The largest absolute Gasteiger partial charge is 0.383 e. The molecule has 1 aromatic rings. The number of benzene rings is 1. The molecule has 4 heteroatoms. The van der Waals surface area contributed by atoms with Crippen LogP contribution >= 0.6 is 27.5 Å². The van der Waals surface area contributed by atoms with Crippen molar-refractivity contribution in [3.05, 3.63) is 27.4 Å². The molecule has 2 rings (SSSR count). The van der Waals surface area contributed by atoms with E-state index in [1.807, 2.05) is 0 Å². The van der Waals surface area contributed by atoms with E-state index in [1.54, 1.807) is 0 Å². The Labute approximate surface area is 121 Å². The third-order valence-electron chi connectivity index (χ3n) is 3.59. The monoisotopic (exact) mass is 333 g/mol. The molecule has 0 unspecified atom stereocenters. The average molecular weight is 335 g/mol. The minimum Gasteiger partial charge on any atom is -0.383 e. The molecular formula is C14H18BrClFN. The second kappa shape index (κ2) is 6.76. The number of anilines is 1.